The quantitative estimate of drug-likeness (QED) is 0.673. The molecule has 0 radical (unpaired) electrons. The molecule has 0 bridgehead atoms. The monoisotopic (exact) mass is 282 g/mol. The van der Waals surface area contributed by atoms with Crippen molar-refractivity contribution in [2.24, 2.45) is 0 Å². The summed E-state index contributed by atoms with van der Waals surface area (Å²) in [7, 11) is 1.78. The molecule has 0 amide bonds. The van der Waals surface area contributed by atoms with Crippen molar-refractivity contribution >= 4 is 22.0 Å². The van der Waals surface area contributed by atoms with Crippen LogP contribution in [0.4, 0.5) is 10.7 Å². The number of hydrogen-bond donors (Lipinski definition) is 1. The number of aliphatic hydroxyl groups is 1. The van der Waals surface area contributed by atoms with Crippen molar-refractivity contribution in [3.05, 3.63) is 45.2 Å². The summed E-state index contributed by atoms with van der Waals surface area (Å²) in [6.07, 6.45) is 2.46. The lowest BCUT2D eigenvalue weighted by Crippen LogP contribution is -2.15. The fourth-order valence-electron chi connectivity index (χ4n) is 1.73. The van der Waals surface area contributed by atoms with Gasteiger partial charge >= 0.3 is 5.69 Å². The molecule has 0 saturated heterocycles. The average Bonchev–Trinajstić information content (AvgIpc) is 2.96. The van der Waals surface area contributed by atoms with Crippen LogP contribution in [0.3, 0.4) is 0 Å². The Morgan fingerprint density at radius 1 is 1.63 bits per heavy atom. The van der Waals surface area contributed by atoms with Gasteiger partial charge in [0, 0.05) is 30.1 Å². The van der Waals surface area contributed by atoms with Gasteiger partial charge in [0.1, 0.15) is 0 Å². The van der Waals surface area contributed by atoms with Gasteiger partial charge in [0.25, 0.3) is 0 Å². The van der Waals surface area contributed by atoms with E-state index in [1.807, 2.05) is 6.07 Å². The Hall–Kier alpha value is -1.86. The maximum atomic E-state index is 11.0. The Bertz CT molecular complexity index is 562. The highest BCUT2D eigenvalue weighted by atomic mass is 32.1. The van der Waals surface area contributed by atoms with E-state index in [-0.39, 0.29) is 5.69 Å². The van der Waals surface area contributed by atoms with Crippen LogP contribution in [0.15, 0.2) is 29.1 Å². The molecule has 102 valence electrons. The lowest BCUT2D eigenvalue weighted by Gasteiger charge is -2.15. The van der Waals surface area contributed by atoms with Crippen molar-refractivity contribution in [2.75, 3.05) is 11.9 Å². The van der Waals surface area contributed by atoms with Gasteiger partial charge < -0.3 is 14.4 Å². The topological polar surface area (TPSA) is 79.8 Å². The maximum absolute atomic E-state index is 11.0. The van der Waals surface area contributed by atoms with Gasteiger partial charge in [-0.15, -0.1) is 11.3 Å². The number of aliphatic hydroxyl groups excluding tert-OH is 1. The molecule has 19 heavy (non-hydrogen) atoms. The summed E-state index contributed by atoms with van der Waals surface area (Å²) in [5, 5.41) is 21.1. The molecule has 1 atom stereocenters. The van der Waals surface area contributed by atoms with Crippen LogP contribution < -0.4 is 4.90 Å². The first-order valence-electron chi connectivity index (χ1n) is 5.67. The number of nitro groups is 1. The number of anilines is 1. The van der Waals surface area contributed by atoms with Crippen molar-refractivity contribution in [2.45, 2.75) is 19.6 Å². The summed E-state index contributed by atoms with van der Waals surface area (Å²) in [4.78, 5) is 13.0. The molecule has 2 heterocycles. The molecular formula is C12H14N2O4S. The van der Waals surface area contributed by atoms with Gasteiger partial charge in [0.05, 0.1) is 23.6 Å². The Balaban J connectivity index is 2.29. The standard InChI is InChI=1S/C12H14N2O4S/c1-8(15)11-5-10(14(16)17)12(19-11)13(2)6-9-3-4-18-7-9/h3-5,7-8,15H,6H2,1-2H3/t8-/m0/s1. The molecule has 6 nitrogen and oxygen atoms in total. The summed E-state index contributed by atoms with van der Waals surface area (Å²) in [6.45, 7) is 2.10. The summed E-state index contributed by atoms with van der Waals surface area (Å²) in [5.74, 6) is 0. The molecule has 0 aliphatic rings. The van der Waals surface area contributed by atoms with Crippen molar-refractivity contribution in [1.82, 2.24) is 0 Å². The highest BCUT2D eigenvalue weighted by Gasteiger charge is 2.23. The number of rotatable bonds is 5. The summed E-state index contributed by atoms with van der Waals surface area (Å²) < 4.78 is 4.98. The Kier molecular flexibility index (Phi) is 3.87. The van der Waals surface area contributed by atoms with Gasteiger partial charge in [0.2, 0.25) is 0 Å². The molecule has 0 saturated carbocycles. The lowest BCUT2D eigenvalue weighted by atomic mass is 10.3. The molecule has 0 fully saturated rings. The number of furan rings is 1. The maximum Gasteiger partial charge on any atom is 0.304 e. The van der Waals surface area contributed by atoms with Crippen LogP contribution in [0.5, 0.6) is 0 Å². The minimum atomic E-state index is -0.709. The first-order chi connectivity index (χ1) is 8.99. The average molecular weight is 282 g/mol. The van der Waals surface area contributed by atoms with Crippen molar-refractivity contribution in [1.29, 1.82) is 0 Å². The van der Waals surface area contributed by atoms with E-state index in [1.54, 1.807) is 31.4 Å². The Morgan fingerprint density at radius 2 is 2.37 bits per heavy atom. The summed E-state index contributed by atoms with van der Waals surface area (Å²) in [6, 6.07) is 3.24. The lowest BCUT2D eigenvalue weighted by molar-refractivity contribution is -0.383. The van der Waals surface area contributed by atoms with Crippen molar-refractivity contribution < 1.29 is 14.4 Å². The highest BCUT2D eigenvalue weighted by Crippen LogP contribution is 2.40. The zero-order valence-electron chi connectivity index (χ0n) is 10.6. The fraction of sp³-hybridized carbons (Fsp3) is 0.333. The Labute approximate surface area is 114 Å². The second-order valence-corrected chi connectivity index (χ2v) is 5.32. The van der Waals surface area contributed by atoms with E-state index in [2.05, 4.69) is 0 Å². The van der Waals surface area contributed by atoms with E-state index >= 15 is 0 Å². The third kappa shape index (κ3) is 2.94. The highest BCUT2D eigenvalue weighted by molar-refractivity contribution is 7.16. The van der Waals surface area contributed by atoms with Crippen LogP contribution in [0.25, 0.3) is 0 Å². The SMILES string of the molecule is C[C@H](O)c1cc([N+](=O)[O-])c(N(C)Cc2ccoc2)s1. The molecule has 0 spiro atoms. The molecule has 2 aromatic rings. The van der Waals surface area contributed by atoms with Crippen LogP contribution in [0.1, 0.15) is 23.5 Å². The van der Waals surface area contributed by atoms with Crippen LogP contribution in [-0.4, -0.2) is 17.1 Å². The van der Waals surface area contributed by atoms with E-state index in [0.29, 0.717) is 16.4 Å². The zero-order valence-corrected chi connectivity index (χ0v) is 11.4. The van der Waals surface area contributed by atoms with Gasteiger partial charge in [-0.1, -0.05) is 0 Å². The molecule has 0 aliphatic carbocycles. The third-order valence-corrected chi connectivity index (χ3v) is 4.08. The van der Waals surface area contributed by atoms with E-state index in [0.717, 1.165) is 5.56 Å². The normalized spacial score (nSPS) is 12.4. The molecule has 2 aromatic heterocycles. The summed E-state index contributed by atoms with van der Waals surface area (Å²) in [5.41, 5.74) is 0.954. The Morgan fingerprint density at radius 3 is 2.89 bits per heavy atom. The third-order valence-electron chi connectivity index (χ3n) is 2.67. The predicted octanol–water partition coefficient (Wildman–Crippen LogP) is 2.94. The predicted molar refractivity (Wildman–Crippen MR) is 72.4 cm³/mol. The van der Waals surface area contributed by atoms with Gasteiger partial charge in [-0.25, -0.2) is 0 Å². The van der Waals surface area contributed by atoms with Gasteiger partial charge in [-0.2, -0.15) is 0 Å². The van der Waals surface area contributed by atoms with Gasteiger partial charge in [-0.05, 0) is 13.0 Å². The van der Waals surface area contributed by atoms with Gasteiger partial charge in [0.15, 0.2) is 5.00 Å². The molecule has 0 aliphatic heterocycles. The molecule has 2 rings (SSSR count). The van der Waals surface area contributed by atoms with Crippen LogP contribution in [-0.2, 0) is 6.54 Å². The van der Waals surface area contributed by atoms with Crippen LogP contribution >= 0.6 is 11.3 Å². The smallest absolute Gasteiger partial charge is 0.304 e. The molecule has 7 heteroatoms. The summed E-state index contributed by atoms with van der Waals surface area (Å²) >= 11 is 1.23. The second kappa shape index (κ2) is 5.41. The van der Waals surface area contributed by atoms with E-state index in [9.17, 15) is 15.2 Å². The molecular weight excluding hydrogens is 268 g/mol. The molecule has 0 aromatic carbocycles. The first-order valence-corrected chi connectivity index (χ1v) is 6.49. The van der Waals surface area contributed by atoms with Crippen molar-refractivity contribution in [3.8, 4) is 0 Å². The number of thiophene rings is 1. The second-order valence-electron chi connectivity index (χ2n) is 4.26. The van der Waals surface area contributed by atoms with Crippen molar-refractivity contribution in [3.63, 3.8) is 0 Å². The van der Waals surface area contributed by atoms with E-state index in [4.69, 9.17) is 4.42 Å². The van der Waals surface area contributed by atoms with Gasteiger partial charge in [-0.3, -0.25) is 10.1 Å². The number of hydrogen-bond acceptors (Lipinski definition) is 6. The minimum absolute atomic E-state index is 0.0203. The number of nitrogens with zero attached hydrogens (tertiary/aromatic N) is 2. The molecule has 0 unspecified atom stereocenters. The fourth-order valence-corrected chi connectivity index (χ4v) is 2.75. The van der Waals surface area contributed by atoms with E-state index in [1.165, 1.54) is 17.4 Å². The van der Waals surface area contributed by atoms with Crippen LogP contribution in [0, 0.1) is 10.1 Å². The minimum Gasteiger partial charge on any atom is -0.472 e. The largest absolute Gasteiger partial charge is 0.472 e. The first kappa shape index (κ1) is 13.6. The van der Waals surface area contributed by atoms with E-state index < -0.39 is 11.0 Å². The van der Waals surface area contributed by atoms with Crippen LogP contribution in [0.2, 0.25) is 0 Å². The molecule has 1 N–H and O–H groups in total. The zero-order chi connectivity index (χ0) is 14.0.